The van der Waals surface area contributed by atoms with E-state index in [1.54, 1.807) is 6.92 Å². The molecule has 0 bridgehead atoms. The Labute approximate surface area is 182 Å². The summed E-state index contributed by atoms with van der Waals surface area (Å²) in [5.41, 5.74) is 4.49. The molecule has 31 heavy (non-hydrogen) atoms. The highest BCUT2D eigenvalue weighted by atomic mass is 16.5. The molecule has 158 valence electrons. The number of amides is 1. The Balaban J connectivity index is 1.43. The summed E-state index contributed by atoms with van der Waals surface area (Å²) < 4.78 is 11.4. The van der Waals surface area contributed by atoms with Crippen molar-refractivity contribution in [3.8, 4) is 16.9 Å². The molecule has 3 aromatic rings. The maximum Gasteiger partial charge on any atom is 0.253 e. The Morgan fingerprint density at radius 2 is 1.81 bits per heavy atom. The molecule has 1 amide bonds. The van der Waals surface area contributed by atoms with Crippen LogP contribution < -0.4 is 10.1 Å². The van der Waals surface area contributed by atoms with E-state index in [0.717, 1.165) is 28.0 Å². The smallest absolute Gasteiger partial charge is 0.253 e. The van der Waals surface area contributed by atoms with E-state index < -0.39 is 6.10 Å². The van der Waals surface area contributed by atoms with E-state index in [1.165, 1.54) is 7.11 Å². The summed E-state index contributed by atoms with van der Waals surface area (Å²) in [6, 6.07) is 23.0. The number of methoxy groups -OCH3 is 1. The number of carbonyl (C=O) groups is 2. The molecule has 0 saturated carbocycles. The predicted molar refractivity (Wildman–Crippen MR) is 119 cm³/mol. The molecule has 1 heterocycles. The Hall–Kier alpha value is -3.44. The average molecular weight is 415 g/mol. The van der Waals surface area contributed by atoms with Crippen LogP contribution in [0.25, 0.3) is 11.1 Å². The number of Topliss-reactive ketones (excluding diaryl/α,β-unsaturated/α-hetero) is 1. The van der Waals surface area contributed by atoms with E-state index in [2.05, 4.69) is 11.4 Å². The van der Waals surface area contributed by atoms with Crippen LogP contribution in [0.3, 0.4) is 0 Å². The van der Waals surface area contributed by atoms with Crippen LogP contribution in [-0.2, 0) is 16.0 Å². The van der Waals surface area contributed by atoms with Gasteiger partial charge in [-0.1, -0.05) is 60.7 Å². The zero-order valence-corrected chi connectivity index (χ0v) is 17.6. The minimum atomic E-state index is -0.653. The molecule has 1 aliphatic heterocycles. The Kier molecular flexibility index (Phi) is 6.14. The molecule has 1 N–H and O–H groups in total. The Morgan fingerprint density at radius 1 is 1.06 bits per heavy atom. The first-order valence-electron chi connectivity index (χ1n) is 10.3. The standard InChI is InChI=1S/C26H25NO4/c1-17(28)22-10-6-7-11-23(22)19-12-13-24-20(14-19)15-21(31-24)16-27-26(29)25(30-2)18-8-4-3-5-9-18/h3-14,21,25H,15-16H2,1-2H3,(H,27,29). The lowest BCUT2D eigenvalue weighted by Gasteiger charge is -2.17. The van der Waals surface area contributed by atoms with E-state index >= 15 is 0 Å². The van der Waals surface area contributed by atoms with Crippen LogP contribution in [0.4, 0.5) is 0 Å². The maximum atomic E-state index is 12.6. The molecule has 5 heteroatoms. The third-order valence-corrected chi connectivity index (χ3v) is 5.50. The fraction of sp³-hybridized carbons (Fsp3) is 0.231. The molecule has 2 atom stereocenters. The number of hydrogen-bond donors (Lipinski definition) is 1. The topological polar surface area (TPSA) is 64.6 Å². The summed E-state index contributed by atoms with van der Waals surface area (Å²) in [7, 11) is 1.53. The molecule has 3 aromatic carbocycles. The van der Waals surface area contributed by atoms with Gasteiger partial charge in [0.1, 0.15) is 11.9 Å². The van der Waals surface area contributed by atoms with Gasteiger partial charge in [0.15, 0.2) is 11.9 Å². The van der Waals surface area contributed by atoms with Gasteiger partial charge >= 0.3 is 0 Å². The highest BCUT2D eigenvalue weighted by Gasteiger charge is 2.26. The lowest BCUT2D eigenvalue weighted by Crippen LogP contribution is -2.37. The van der Waals surface area contributed by atoms with Crippen molar-refractivity contribution < 1.29 is 19.1 Å². The molecule has 0 aromatic heterocycles. The van der Waals surface area contributed by atoms with Crippen molar-refractivity contribution in [1.29, 1.82) is 0 Å². The molecule has 0 aliphatic carbocycles. The van der Waals surface area contributed by atoms with Crippen molar-refractivity contribution in [1.82, 2.24) is 5.32 Å². The highest BCUT2D eigenvalue weighted by Crippen LogP contribution is 2.34. The molecular formula is C26H25NO4. The molecule has 5 nitrogen and oxygen atoms in total. The first kappa shape index (κ1) is 20.8. The van der Waals surface area contributed by atoms with Crippen molar-refractivity contribution >= 4 is 11.7 Å². The molecule has 0 spiro atoms. The van der Waals surface area contributed by atoms with Crippen molar-refractivity contribution in [3.05, 3.63) is 89.5 Å². The summed E-state index contributed by atoms with van der Waals surface area (Å²) in [6.45, 7) is 1.97. The highest BCUT2D eigenvalue weighted by molar-refractivity contribution is 6.00. The normalized spacial score (nSPS) is 15.6. The van der Waals surface area contributed by atoms with Gasteiger partial charge in [0.25, 0.3) is 5.91 Å². The number of nitrogens with one attached hydrogen (secondary N) is 1. The van der Waals surface area contributed by atoms with Crippen molar-refractivity contribution in [3.63, 3.8) is 0 Å². The summed E-state index contributed by atoms with van der Waals surface area (Å²) >= 11 is 0. The van der Waals surface area contributed by atoms with E-state index in [1.807, 2.05) is 66.7 Å². The Bertz CT molecular complexity index is 1090. The lowest BCUT2D eigenvalue weighted by atomic mass is 9.95. The number of benzene rings is 3. The van der Waals surface area contributed by atoms with Crippen LogP contribution in [0.15, 0.2) is 72.8 Å². The second kappa shape index (κ2) is 9.14. The zero-order valence-electron chi connectivity index (χ0n) is 17.6. The second-order valence-electron chi connectivity index (χ2n) is 7.64. The second-order valence-corrected chi connectivity index (χ2v) is 7.64. The zero-order chi connectivity index (χ0) is 21.8. The van der Waals surface area contributed by atoms with Crippen molar-refractivity contribution in [2.24, 2.45) is 0 Å². The predicted octanol–water partition coefficient (Wildman–Crippen LogP) is 4.36. The fourth-order valence-corrected chi connectivity index (χ4v) is 3.97. The number of ether oxygens (including phenoxy) is 2. The van der Waals surface area contributed by atoms with E-state index in [4.69, 9.17) is 9.47 Å². The third kappa shape index (κ3) is 4.52. The monoisotopic (exact) mass is 415 g/mol. The van der Waals surface area contributed by atoms with Crippen molar-refractivity contribution in [2.75, 3.05) is 13.7 Å². The summed E-state index contributed by atoms with van der Waals surface area (Å²) in [4.78, 5) is 24.6. The first-order valence-corrected chi connectivity index (χ1v) is 10.3. The Morgan fingerprint density at radius 3 is 2.55 bits per heavy atom. The van der Waals surface area contributed by atoms with Gasteiger partial charge in [0.05, 0.1) is 6.54 Å². The van der Waals surface area contributed by atoms with Gasteiger partial charge in [-0.3, -0.25) is 9.59 Å². The van der Waals surface area contributed by atoms with Crippen LogP contribution in [0.1, 0.15) is 34.5 Å². The average Bonchev–Trinajstić information content (AvgIpc) is 3.21. The minimum Gasteiger partial charge on any atom is -0.488 e. The van der Waals surface area contributed by atoms with Crippen LogP contribution >= 0.6 is 0 Å². The minimum absolute atomic E-state index is 0.0408. The maximum absolute atomic E-state index is 12.6. The van der Waals surface area contributed by atoms with Gasteiger partial charge in [-0.15, -0.1) is 0 Å². The van der Waals surface area contributed by atoms with Gasteiger partial charge < -0.3 is 14.8 Å². The third-order valence-electron chi connectivity index (χ3n) is 5.50. The van der Waals surface area contributed by atoms with Crippen molar-refractivity contribution in [2.45, 2.75) is 25.6 Å². The number of hydrogen-bond acceptors (Lipinski definition) is 4. The number of ketones is 1. The molecule has 0 fully saturated rings. The van der Waals surface area contributed by atoms with Gasteiger partial charge in [0, 0.05) is 19.1 Å². The van der Waals surface area contributed by atoms with Gasteiger partial charge in [-0.05, 0) is 41.3 Å². The van der Waals surface area contributed by atoms with Crippen LogP contribution in [0, 0.1) is 0 Å². The summed E-state index contributed by atoms with van der Waals surface area (Å²) in [5.74, 6) is 0.665. The summed E-state index contributed by atoms with van der Waals surface area (Å²) in [5, 5.41) is 2.95. The van der Waals surface area contributed by atoms with Crippen LogP contribution in [0.2, 0.25) is 0 Å². The quantitative estimate of drug-likeness (QED) is 0.582. The van der Waals surface area contributed by atoms with E-state index in [-0.39, 0.29) is 17.8 Å². The molecule has 4 rings (SSSR count). The first-order chi connectivity index (χ1) is 15.1. The number of carbonyl (C=O) groups excluding carboxylic acids is 2. The molecule has 1 aliphatic rings. The van der Waals surface area contributed by atoms with Crippen LogP contribution in [0.5, 0.6) is 5.75 Å². The molecular weight excluding hydrogens is 390 g/mol. The van der Waals surface area contributed by atoms with Gasteiger partial charge in [-0.2, -0.15) is 0 Å². The summed E-state index contributed by atoms with van der Waals surface area (Å²) in [6.07, 6.45) is -0.112. The number of rotatable bonds is 7. The lowest BCUT2D eigenvalue weighted by molar-refractivity contribution is -0.131. The van der Waals surface area contributed by atoms with Gasteiger partial charge in [0.2, 0.25) is 0 Å². The molecule has 0 saturated heterocycles. The largest absolute Gasteiger partial charge is 0.488 e. The van der Waals surface area contributed by atoms with Crippen LogP contribution in [-0.4, -0.2) is 31.4 Å². The van der Waals surface area contributed by atoms with E-state index in [9.17, 15) is 9.59 Å². The molecule has 0 radical (unpaired) electrons. The van der Waals surface area contributed by atoms with E-state index in [0.29, 0.717) is 18.5 Å². The SMILES string of the molecule is COC(C(=O)NCC1Cc2cc(-c3ccccc3C(C)=O)ccc2O1)c1ccccc1. The molecule has 2 unspecified atom stereocenters. The van der Waals surface area contributed by atoms with Gasteiger partial charge in [-0.25, -0.2) is 0 Å². The fourth-order valence-electron chi connectivity index (χ4n) is 3.97. The number of fused-ring (bicyclic) bond motifs is 1.